The van der Waals surface area contributed by atoms with Gasteiger partial charge in [-0.3, -0.25) is 4.79 Å². The van der Waals surface area contributed by atoms with Crippen molar-refractivity contribution in [3.05, 3.63) is 64.5 Å². The van der Waals surface area contributed by atoms with Gasteiger partial charge in [-0.1, -0.05) is 30.3 Å². The molecule has 1 saturated heterocycles. The predicted molar refractivity (Wildman–Crippen MR) is 115 cm³/mol. The average molecular weight is 448 g/mol. The Morgan fingerprint density at radius 2 is 1.94 bits per heavy atom. The number of aliphatic hydroxyl groups excluding tert-OH is 1. The molecule has 2 heterocycles. The van der Waals surface area contributed by atoms with Crippen LogP contribution < -0.4 is 10.1 Å². The van der Waals surface area contributed by atoms with E-state index in [1.165, 1.54) is 0 Å². The van der Waals surface area contributed by atoms with Gasteiger partial charge in [0.05, 0.1) is 22.6 Å². The number of ether oxygens (including phenoxy) is 2. The fourth-order valence-corrected chi connectivity index (χ4v) is 4.74. The number of carbonyl (C=O) groups excluding carboxylic acids is 1. The lowest BCUT2D eigenvalue weighted by Crippen LogP contribution is -2.54. The number of alkyl halides is 2. The van der Waals surface area contributed by atoms with Gasteiger partial charge in [-0.25, -0.2) is 8.78 Å². The number of amides is 1. The largest absolute Gasteiger partial charge is 0.489 e. The van der Waals surface area contributed by atoms with Crippen molar-refractivity contribution in [3.63, 3.8) is 0 Å². The maximum atomic E-state index is 13.8. The molecule has 2 aromatic carbocycles. The SMILES string of the molecule is O=C(NC1(CO)CCOCC1)c1c(C(F)F)sc2ccc(OCc3ccccc3)cc12. The summed E-state index contributed by atoms with van der Waals surface area (Å²) in [5, 5.41) is 13.1. The Balaban J connectivity index is 1.65. The van der Waals surface area contributed by atoms with E-state index in [9.17, 15) is 18.7 Å². The molecule has 31 heavy (non-hydrogen) atoms. The molecule has 0 saturated carbocycles. The molecular weight excluding hydrogens is 424 g/mol. The number of carbonyl (C=O) groups is 1. The second-order valence-corrected chi connectivity index (χ2v) is 8.66. The van der Waals surface area contributed by atoms with E-state index >= 15 is 0 Å². The van der Waals surface area contributed by atoms with Gasteiger partial charge < -0.3 is 19.9 Å². The summed E-state index contributed by atoms with van der Waals surface area (Å²) < 4.78 is 39.3. The van der Waals surface area contributed by atoms with Crippen LogP contribution >= 0.6 is 11.3 Å². The Bertz CT molecular complexity index is 1050. The number of fused-ring (bicyclic) bond motifs is 1. The molecule has 5 nitrogen and oxygen atoms in total. The molecule has 1 amide bonds. The van der Waals surface area contributed by atoms with E-state index in [-0.39, 0.29) is 17.0 Å². The first-order chi connectivity index (χ1) is 15.0. The molecule has 1 aromatic heterocycles. The van der Waals surface area contributed by atoms with Crippen molar-refractivity contribution < 1.29 is 28.2 Å². The number of hydrogen-bond acceptors (Lipinski definition) is 5. The summed E-state index contributed by atoms with van der Waals surface area (Å²) in [7, 11) is 0. The highest BCUT2D eigenvalue weighted by atomic mass is 32.1. The zero-order chi connectivity index (χ0) is 21.8. The van der Waals surface area contributed by atoms with E-state index < -0.39 is 17.9 Å². The number of thiophene rings is 1. The lowest BCUT2D eigenvalue weighted by molar-refractivity contribution is 0.0125. The van der Waals surface area contributed by atoms with Gasteiger partial charge in [0.25, 0.3) is 12.3 Å². The van der Waals surface area contributed by atoms with Crippen LogP contribution in [0.25, 0.3) is 10.1 Å². The van der Waals surface area contributed by atoms with Crippen molar-refractivity contribution in [2.45, 2.75) is 31.4 Å². The highest BCUT2D eigenvalue weighted by Crippen LogP contribution is 2.39. The highest BCUT2D eigenvalue weighted by molar-refractivity contribution is 7.19. The third kappa shape index (κ3) is 4.71. The monoisotopic (exact) mass is 447 g/mol. The number of benzene rings is 2. The number of halogens is 2. The van der Waals surface area contributed by atoms with Crippen LogP contribution in [-0.2, 0) is 11.3 Å². The topological polar surface area (TPSA) is 67.8 Å². The molecule has 0 atom stereocenters. The first-order valence-electron chi connectivity index (χ1n) is 10.0. The summed E-state index contributed by atoms with van der Waals surface area (Å²) in [6.45, 7) is 0.835. The van der Waals surface area contributed by atoms with E-state index in [1.807, 2.05) is 30.3 Å². The minimum absolute atomic E-state index is 0.0560. The molecule has 3 aromatic rings. The van der Waals surface area contributed by atoms with Gasteiger partial charge in [0.1, 0.15) is 12.4 Å². The second-order valence-electron chi connectivity index (χ2n) is 7.58. The number of rotatable bonds is 7. The number of hydrogen-bond donors (Lipinski definition) is 2. The van der Waals surface area contributed by atoms with Gasteiger partial charge in [-0.05, 0) is 36.6 Å². The summed E-state index contributed by atoms with van der Waals surface area (Å²) in [5.41, 5.74) is 0.0488. The van der Waals surface area contributed by atoms with Gasteiger partial charge in [-0.15, -0.1) is 11.3 Å². The zero-order valence-corrected chi connectivity index (χ0v) is 17.6. The molecule has 164 valence electrons. The molecule has 4 rings (SSSR count). The second kappa shape index (κ2) is 9.30. The van der Waals surface area contributed by atoms with Crippen molar-refractivity contribution in [2.75, 3.05) is 19.8 Å². The molecule has 1 aliphatic rings. The maximum absolute atomic E-state index is 13.8. The van der Waals surface area contributed by atoms with Gasteiger partial charge in [-0.2, -0.15) is 0 Å². The predicted octanol–water partition coefficient (Wildman–Crippen LogP) is 4.69. The zero-order valence-electron chi connectivity index (χ0n) is 16.8. The standard InChI is InChI=1S/C23H23F2NO4S/c24-21(25)20-19(22(28)26-23(14-27)8-10-29-11-9-23)17-12-16(6-7-18(17)31-20)30-13-15-4-2-1-3-5-15/h1-7,12,21,27H,8-11,13-14H2,(H,26,28). The smallest absolute Gasteiger partial charge is 0.273 e. The summed E-state index contributed by atoms with van der Waals surface area (Å²) in [5.74, 6) is -0.121. The molecule has 2 N–H and O–H groups in total. The van der Waals surface area contributed by atoms with Gasteiger partial charge in [0, 0.05) is 23.3 Å². The molecule has 0 radical (unpaired) electrons. The normalized spacial score (nSPS) is 15.9. The summed E-state index contributed by atoms with van der Waals surface area (Å²) in [6.07, 6.45) is -1.94. The lowest BCUT2D eigenvalue weighted by atomic mass is 9.90. The van der Waals surface area contributed by atoms with Crippen molar-refractivity contribution in [1.82, 2.24) is 5.32 Å². The van der Waals surface area contributed by atoms with Crippen molar-refractivity contribution in [3.8, 4) is 5.75 Å². The van der Waals surface area contributed by atoms with Crippen LogP contribution in [0.3, 0.4) is 0 Å². The third-order valence-electron chi connectivity index (χ3n) is 5.49. The molecule has 8 heteroatoms. The van der Waals surface area contributed by atoms with Crippen LogP contribution in [0.5, 0.6) is 5.75 Å². The third-order valence-corrected chi connectivity index (χ3v) is 6.67. The van der Waals surface area contributed by atoms with Crippen LogP contribution in [0.15, 0.2) is 48.5 Å². The molecule has 0 bridgehead atoms. The number of aliphatic hydroxyl groups is 1. The van der Waals surface area contributed by atoms with Crippen LogP contribution in [0.1, 0.15) is 40.1 Å². The van der Waals surface area contributed by atoms with Gasteiger partial charge in [0.2, 0.25) is 0 Å². The Morgan fingerprint density at radius 3 is 2.61 bits per heavy atom. The molecular formula is C23H23F2NO4S. The van der Waals surface area contributed by atoms with Crippen molar-refractivity contribution in [1.29, 1.82) is 0 Å². The Kier molecular flexibility index (Phi) is 6.50. The molecule has 0 aliphatic carbocycles. The fourth-order valence-electron chi connectivity index (χ4n) is 3.70. The first-order valence-corrected chi connectivity index (χ1v) is 10.9. The molecule has 0 spiro atoms. The maximum Gasteiger partial charge on any atom is 0.273 e. The first kappa shape index (κ1) is 21.7. The Hall–Kier alpha value is -2.55. The van der Waals surface area contributed by atoms with Crippen LogP contribution in [-0.4, -0.2) is 36.4 Å². The molecule has 0 unspecified atom stereocenters. The van der Waals surface area contributed by atoms with Gasteiger partial charge >= 0.3 is 0 Å². The minimum atomic E-state index is -2.79. The fraction of sp³-hybridized carbons (Fsp3) is 0.348. The lowest BCUT2D eigenvalue weighted by Gasteiger charge is -2.36. The van der Waals surface area contributed by atoms with Crippen molar-refractivity contribution >= 4 is 27.3 Å². The highest BCUT2D eigenvalue weighted by Gasteiger charge is 2.36. The minimum Gasteiger partial charge on any atom is -0.489 e. The Labute approximate surface area is 182 Å². The van der Waals surface area contributed by atoms with E-state index in [0.29, 0.717) is 48.5 Å². The summed E-state index contributed by atoms with van der Waals surface area (Å²) in [6, 6.07) is 14.6. The van der Waals surface area contributed by atoms with Crippen molar-refractivity contribution in [2.24, 2.45) is 0 Å². The van der Waals surface area contributed by atoms with Gasteiger partial charge in [0.15, 0.2) is 0 Å². The summed E-state index contributed by atoms with van der Waals surface area (Å²) in [4.78, 5) is 12.9. The van der Waals surface area contributed by atoms with E-state index in [4.69, 9.17) is 9.47 Å². The molecule has 1 fully saturated rings. The van der Waals surface area contributed by atoms with E-state index in [2.05, 4.69) is 5.32 Å². The van der Waals surface area contributed by atoms with E-state index in [0.717, 1.165) is 16.9 Å². The van der Waals surface area contributed by atoms with Crippen LogP contribution in [0, 0.1) is 0 Å². The van der Waals surface area contributed by atoms with Crippen LogP contribution in [0.2, 0.25) is 0 Å². The quantitative estimate of drug-likeness (QED) is 0.552. The molecule has 1 aliphatic heterocycles. The Morgan fingerprint density at radius 1 is 1.19 bits per heavy atom. The van der Waals surface area contributed by atoms with E-state index in [1.54, 1.807) is 18.2 Å². The average Bonchev–Trinajstić information content (AvgIpc) is 3.18. The number of nitrogens with one attached hydrogen (secondary N) is 1. The summed E-state index contributed by atoms with van der Waals surface area (Å²) >= 11 is 0.898. The van der Waals surface area contributed by atoms with Crippen LogP contribution in [0.4, 0.5) is 8.78 Å².